The van der Waals surface area contributed by atoms with Gasteiger partial charge in [0.25, 0.3) is 0 Å². The van der Waals surface area contributed by atoms with Gasteiger partial charge in [-0.15, -0.1) is 0 Å². The molecule has 0 radical (unpaired) electrons. The van der Waals surface area contributed by atoms with Crippen LogP contribution in [0.3, 0.4) is 0 Å². The molecule has 0 unspecified atom stereocenters. The number of nitrogens with zero attached hydrogens (tertiary/aromatic N) is 2. The Bertz CT molecular complexity index is 1420. The van der Waals surface area contributed by atoms with Gasteiger partial charge in [0, 0.05) is 30.6 Å². The zero-order valence-corrected chi connectivity index (χ0v) is 19.7. The average Bonchev–Trinajstić information content (AvgIpc) is 3.34. The molecule has 0 saturated carbocycles. The lowest BCUT2D eigenvalue weighted by atomic mass is 10.2. The highest BCUT2D eigenvalue weighted by Crippen LogP contribution is 2.37. The van der Waals surface area contributed by atoms with Crippen molar-refractivity contribution in [1.29, 1.82) is 0 Å². The van der Waals surface area contributed by atoms with Gasteiger partial charge in [-0.1, -0.05) is 6.07 Å². The SMILES string of the molecule is CCOc1ccc(-c2nc(S(=O)(=O)c3ccc4c(c3)OCCO4)c(NCc3cccnc3)o2)cc1. The first-order chi connectivity index (χ1) is 17.0. The molecule has 9 nitrogen and oxygen atoms in total. The fourth-order valence-electron chi connectivity index (χ4n) is 3.57. The van der Waals surface area contributed by atoms with Crippen molar-refractivity contribution in [2.45, 2.75) is 23.4 Å². The van der Waals surface area contributed by atoms with Crippen LogP contribution < -0.4 is 19.5 Å². The number of hydrogen-bond acceptors (Lipinski definition) is 9. The van der Waals surface area contributed by atoms with E-state index in [1.165, 1.54) is 12.1 Å². The zero-order chi connectivity index (χ0) is 24.3. The van der Waals surface area contributed by atoms with Gasteiger partial charge in [0.05, 0.1) is 11.5 Å². The molecule has 0 aliphatic carbocycles. The third-order valence-corrected chi connectivity index (χ3v) is 6.92. The molecule has 0 amide bonds. The molecule has 4 aromatic rings. The second-order valence-corrected chi connectivity index (χ2v) is 9.50. The van der Waals surface area contributed by atoms with Gasteiger partial charge in [0.15, 0.2) is 11.5 Å². The van der Waals surface area contributed by atoms with E-state index in [0.717, 1.165) is 5.56 Å². The van der Waals surface area contributed by atoms with Crippen LogP contribution in [0.5, 0.6) is 17.2 Å². The second-order valence-electron chi connectivity index (χ2n) is 7.63. The fraction of sp³-hybridized carbons (Fsp3) is 0.200. The van der Waals surface area contributed by atoms with Crippen LogP contribution in [-0.2, 0) is 16.4 Å². The van der Waals surface area contributed by atoms with Crippen molar-refractivity contribution in [3.8, 4) is 28.7 Å². The number of benzene rings is 2. The van der Waals surface area contributed by atoms with Crippen LogP contribution in [0.2, 0.25) is 0 Å². The van der Waals surface area contributed by atoms with Crippen molar-refractivity contribution in [2.75, 3.05) is 25.1 Å². The average molecular weight is 494 g/mol. The Morgan fingerprint density at radius 2 is 1.83 bits per heavy atom. The number of ether oxygens (including phenoxy) is 3. The maximum Gasteiger partial charge on any atom is 0.234 e. The number of pyridine rings is 1. The van der Waals surface area contributed by atoms with E-state index >= 15 is 0 Å². The molecular weight excluding hydrogens is 470 g/mol. The second kappa shape index (κ2) is 9.67. The van der Waals surface area contributed by atoms with Crippen LogP contribution in [0.15, 0.2) is 81.3 Å². The van der Waals surface area contributed by atoms with Crippen LogP contribution in [0.25, 0.3) is 11.5 Å². The minimum atomic E-state index is -4.05. The summed E-state index contributed by atoms with van der Waals surface area (Å²) in [6.07, 6.45) is 3.35. The zero-order valence-electron chi connectivity index (χ0n) is 18.9. The highest BCUT2D eigenvalue weighted by atomic mass is 32.2. The van der Waals surface area contributed by atoms with E-state index in [1.807, 2.05) is 13.0 Å². The van der Waals surface area contributed by atoms with Crippen molar-refractivity contribution >= 4 is 15.7 Å². The number of sulfone groups is 1. The smallest absolute Gasteiger partial charge is 0.234 e. The molecule has 1 aliphatic heterocycles. The summed E-state index contributed by atoms with van der Waals surface area (Å²) < 4.78 is 49.8. The maximum absolute atomic E-state index is 13.6. The Balaban J connectivity index is 1.53. The number of hydrogen-bond donors (Lipinski definition) is 1. The van der Waals surface area contributed by atoms with Gasteiger partial charge < -0.3 is 23.9 Å². The van der Waals surface area contributed by atoms with Gasteiger partial charge in [0.1, 0.15) is 19.0 Å². The lowest BCUT2D eigenvalue weighted by Crippen LogP contribution is -2.16. The minimum Gasteiger partial charge on any atom is -0.494 e. The number of nitrogens with one attached hydrogen (secondary N) is 1. The summed E-state index contributed by atoms with van der Waals surface area (Å²) in [5.41, 5.74) is 1.47. The summed E-state index contributed by atoms with van der Waals surface area (Å²) >= 11 is 0. The van der Waals surface area contributed by atoms with E-state index in [1.54, 1.807) is 48.8 Å². The van der Waals surface area contributed by atoms with E-state index < -0.39 is 9.84 Å². The normalized spacial score (nSPS) is 12.8. The lowest BCUT2D eigenvalue weighted by molar-refractivity contribution is 0.171. The highest BCUT2D eigenvalue weighted by molar-refractivity contribution is 7.91. The van der Waals surface area contributed by atoms with Crippen LogP contribution in [-0.4, -0.2) is 38.2 Å². The third kappa shape index (κ3) is 4.78. The molecule has 3 heterocycles. The Hall–Kier alpha value is -4.05. The molecule has 35 heavy (non-hydrogen) atoms. The monoisotopic (exact) mass is 493 g/mol. The summed E-state index contributed by atoms with van der Waals surface area (Å²) in [6, 6.07) is 15.3. The van der Waals surface area contributed by atoms with E-state index in [4.69, 9.17) is 18.6 Å². The van der Waals surface area contributed by atoms with Crippen LogP contribution in [0.4, 0.5) is 5.88 Å². The third-order valence-electron chi connectivity index (χ3n) is 5.26. The number of fused-ring (bicyclic) bond motifs is 1. The predicted octanol–water partition coefficient (Wildman–Crippen LogP) is 4.35. The molecule has 0 fully saturated rings. The Morgan fingerprint density at radius 3 is 2.57 bits per heavy atom. The molecule has 180 valence electrons. The van der Waals surface area contributed by atoms with E-state index in [0.29, 0.717) is 49.2 Å². The molecule has 0 bridgehead atoms. The number of aromatic nitrogens is 2. The summed E-state index contributed by atoms with van der Waals surface area (Å²) in [5, 5.41) is 2.84. The summed E-state index contributed by atoms with van der Waals surface area (Å²) in [6.45, 7) is 3.50. The first kappa shape index (κ1) is 22.7. The Kier molecular flexibility index (Phi) is 6.28. The predicted molar refractivity (Wildman–Crippen MR) is 128 cm³/mol. The largest absolute Gasteiger partial charge is 0.494 e. The van der Waals surface area contributed by atoms with Crippen LogP contribution in [0, 0.1) is 0 Å². The van der Waals surface area contributed by atoms with Crippen molar-refractivity contribution in [3.05, 3.63) is 72.6 Å². The van der Waals surface area contributed by atoms with Crippen LogP contribution >= 0.6 is 0 Å². The van der Waals surface area contributed by atoms with Gasteiger partial charge in [0.2, 0.25) is 26.6 Å². The molecule has 1 aliphatic rings. The van der Waals surface area contributed by atoms with Crippen molar-refractivity contribution in [1.82, 2.24) is 9.97 Å². The van der Waals surface area contributed by atoms with E-state index in [2.05, 4.69) is 15.3 Å². The molecule has 5 rings (SSSR count). The molecule has 2 aromatic heterocycles. The van der Waals surface area contributed by atoms with Crippen molar-refractivity contribution in [3.63, 3.8) is 0 Å². The highest BCUT2D eigenvalue weighted by Gasteiger charge is 2.30. The molecule has 0 atom stereocenters. The van der Waals surface area contributed by atoms with Gasteiger partial charge >= 0.3 is 0 Å². The van der Waals surface area contributed by atoms with Crippen molar-refractivity contribution < 1.29 is 27.0 Å². The summed E-state index contributed by atoms with van der Waals surface area (Å²) in [5.74, 6) is 1.77. The molecule has 1 N–H and O–H groups in total. The fourth-order valence-corrected chi connectivity index (χ4v) is 4.86. The Labute approximate surface area is 202 Å². The molecule has 0 saturated heterocycles. The van der Waals surface area contributed by atoms with Gasteiger partial charge in [-0.3, -0.25) is 4.98 Å². The Morgan fingerprint density at radius 1 is 1.03 bits per heavy atom. The standard InChI is InChI=1S/C25H23N3O6S/c1-2-31-19-7-5-18(6-8-19)23-28-25(24(34-23)27-16-17-4-3-11-26-15-17)35(29,30)20-9-10-21-22(14-20)33-13-12-32-21/h3-11,14-15,27H,2,12-13,16H2,1H3. The maximum atomic E-state index is 13.6. The van der Waals surface area contributed by atoms with Gasteiger partial charge in [-0.2, -0.15) is 4.98 Å². The molecule has 0 spiro atoms. The number of anilines is 1. The summed E-state index contributed by atoms with van der Waals surface area (Å²) in [7, 11) is -4.05. The van der Waals surface area contributed by atoms with Crippen LogP contribution in [0.1, 0.15) is 12.5 Å². The first-order valence-electron chi connectivity index (χ1n) is 11.1. The lowest BCUT2D eigenvalue weighted by Gasteiger charge is -2.18. The molecular formula is C25H23N3O6S. The number of rotatable bonds is 8. The quantitative estimate of drug-likeness (QED) is 0.383. The topological polar surface area (TPSA) is 113 Å². The first-order valence-corrected chi connectivity index (χ1v) is 12.5. The minimum absolute atomic E-state index is 0.0257. The molecule has 2 aromatic carbocycles. The number of oxazole rings is 1. The summed E-state index contributed by atoms with van der Waals surface area (Å²) in [4.78, 5) is 8.50. The van der Waals surface area contributed by atoms with Crippen molar-refractivity contribution in [2.24, 2.45) is 0 Å². The molecule has 10 heteroatoms. The van der Waals surface area contributed by atoms with E-state index in [9.17, 15) is 8.42 Å². The van der Waals surface area contributed by atoms with Gasteiger partial charge in [-0.05, 0) is 55.0 Å². The van der Waals surface area contributed by atoms with E-state index in [-0.39, 0.29) is 21.7 Å². The van der Waals surface area contributed by atoms with Gasteiger partial charge in [-0.25, -0.2) is 8.42 Å².